The molecule has 1 aliphatic carbocycles. The zero-order valence-corrected chi connectivity index (χ0v) is 22.9. The Kier molecular flexibility index (Phi) is 6.86. The first-order valence-corrected chi connectivity index (χ1v) is 13.6. The lowest BCUT2D eigenvalue weighted by molar-refractivity contribution is 0.102. The number of aryl methyl sites for hydroxylation is 1. The van der Waals surface area contributed by atoms with E-state index in [0.717, 1.165) is 28.2 Å². The monoisotopic (exact) mass is 532 g/mol. The van der Waals surface area contributed by atoms with Gasteiger partial charge in [-0.2, -0.15) is 0 Å². The second-order valence-electron chi connectivity index (χ2n) is 10.5. The Morgan fingerprint density at radius 1 is 1.05 bits per heavy atom. The third-order valence-corrected chi connectivity index (χ3v) is 7.13. The van der Waals surface area contributed by atoms with Crippen molar-refractivity contribution < 1.29 is 4.79 Å². The Morgan fingerprint density at radius 3 is 2.65 bits per heavy atom. The van der Waals surface area contributed by atoms with Crippen LogP contribution in [0.1, 0.15) is 65.8 Å². The van der Waals surface area contributed by atoms with Gasteiger partial charge in [0.15, 0.2) is 5.82 Å². The molecular formula is C31H32N8O. The van der Waals surface area contributed by atoms with Gasteiger partial charge in [-0.1, -0.05) is 36.4 Å². The molecule has 6 rings (SSSR count). The highest BCUT2D eigenvalue weighted by Crippen LogP contribution is 2.39. The molecular weight excluding hydrogens is 500 g/mol. The number of rotatable bonds is 9. The van der Waals surface area contributed by atoms with Gasteiger partial charge in [0.25, 0.3) is 5.91 Å². The fourth-order valence-corrected chi connectivity index (χ4v) is 4.78. The number of nitrogens with one attached hydrogen (secondary N) is 2. The Balaban J connectivity index is 1.32. The highest BCUT2D eigenvalue weighted by atomic mass is 16.1. The Hall–Kier alpha value is -4.79. The van der Waals surface area contributed by atoms with Crippen molar-refractivity contribution in [1.82, 2.24) is 29.3 Å². The number of aromatic nitrogens is 6. The highest BCUT2D eigenvalue weighted by molar-refractivity contribution is 6.08. The van der Waals surface area contributed by atoms with Crippen LogP contribution in [-0.2, 0) is 6.54 Å². The molecule has 1 fully saturated rings. The summed E-state index contributed by atoms with van der Waals surface area (Å²) >= 11 is 0. The summed E-state index contributed by atoms with van der Waals surface area (Å²) in [5, 5.41) is 14.8. The van der Waals surface area contributed by atoms with Crippen LogP contribution < -0.4 is 10.6 Å². The largest absolute Gasteiger partial charge is 0.380 e. The van der Waals surface area contributed by atoms with E-state index in [0.29, 0.717) is 35.4 Å². The van der Waals surface area contributed by atoms with E-state index in [1.165, 1.54) is 12.8 Å². The van der Waals surface area contributed by atoms with Crippen molar-refractivity contribution in [1.29, 1.82) is 0 Å². The molecule has 9 heteroatoms. The van der Waals surface area contributed by atoms with Gasteiger partial charge in [0, 0.05) is 30.4 Å². The lowest BCUT2D eigenvalue weighted by Crippen LogP contribution is -2.17. The molecule has 1 saturated carbocycles. The lowest BCUT2D eigenvalue weighted by atomic mass is 10.1. The fourth-order valence-electron chi connectivity index (χ4n) is 4.78. The van der Waals surface area contributed by atoms with Crippen molar-refractivity contribution in [2.75, 3.05) is 10.6 Å². The minimum Gasteiger partial charge on any atom is -0.380 e. The topological polar surface area (TPSA) is 103 Å². The summed E-state index contributed by atoms with van der Waals surface area (Å²) in [6, 6.07) is 19.8. The van der Waals surface area contributed by atoms with Crippen molar-refractivity contribution in [3.8, 4) is 17.2 Å². The summed E-state index contributed by atoms with van der Waals surface area (Å²) in [7, 11) is 0. The molecule has 3 aromatic heterocycles. The number of carbonyl (C=O) groups excluding carboxylic acids is 1. The van der Waals surface area contributed by atoms with Gasteiger partial charge in [-0.3, -0.25) is 4.79 Å². The summed E-state index contributed by atoms with van der Waals surface area (Å²) in [6.45, 7) is 6.77. The normalized spacial score (nSPS) is 13.0. The lowest BCUT2D eigenvalue weighted by Gasteiger charge is -2.17. The standard InChI is InChI=1S/C31H32N8O/c1-20(2)39-19-34-37-30(39)25-10-7-11-29(35-25)36-31(40)24-15-28(38-17-27(33-18-38)23-12-13-23)21(3)14-26(24)32-16-22-8-5-4-6-9-22/h4-11,14-15,17-20,23,32H,12-13,16H2,1-3H3,(H,35,36,40). The average molecular weight is 533 g/mol. The third-order valence-electron chi connectivity index (χ3n) is 7.13. The average Bonchev–Trinajstić information content (AvgIpc) is 3.47. The summed E-state index contributed by atoms with van der Waals surface area (Å²) in [6.07, 6.45) is 7.98. The van der Waals surface area contributed by atoms with Crippen molar-refractivity contribution in [2.24, 2.45) is 0 Å². The van der Waals surface area contributed by atoms with E-state index in [1.54, 1.807) is 12.4 Å². The first-order valence-electron chi connectivity index (χ1n) is 13.6. The number of anilines is 2. The molecule has 0 bridgehead atoms. The first kappa shape index (κ1) is 25.5. The molecule has 2 N–H and O–H groups in total. The zero-order chi connectivity index (χ0) is 27.6. The zero-order valence-electron chi connectivity index (χ0n) is 22.9. The van der Waals surface area contributed by atoms with Crippen LogP contribution in [0.25, 0.3) is 17.2 Å². The molecule has 0 atom stereocenters. The van der Waals surface area contributed by atoms with Crippen LogP contribution in [0.5, 0.6) is 0 Å². The van der Waals surface area contributed by atoms with Crippen LogP contribution in [0.4, 0.5) is 11.5 Å². The number of benzene rings is 2. The van der Waals surface area contributed by atoms with Crippen molar-refractivity contribution >= 4 is 17.4 Å². The van der Waals surface area contributed by atoms with Crippen LogP contribution in [0.3, 0.4) is 0 Å². The number of carbonyl (C=O) groups is 1. The van der Waals surface area contributed by atoms with E-state index < -0.39 is 0 Å². The molecule has 5 aromatic rings. The quantitative estimate of drug-likeness (QED) is 0.236. The molecule has 0 spiro atoms. The molecule has 0 aliphatic heterocycles. The van der Waals surface area contributed by atoms with E-state index in [1.807, 2.05) is 57.9 Å². The number of amides is 1. The summed E-state index contributed by atoms with van der Waals surface area (Å²) in [4.78, 5) is 23.1. The predicted molar refractivity (Wildman–Crippen MR) is 156 cm³/mol. The smallest absolute Gasteiger partial charge is 0.258 e. The van der Waals surface area contributed by atoms with Crippen LogP contribution in [0.2, 0.25) is 0 Å². The highest BCUT2D eigenvalue weighted by Gasteiger charge is 2.26. The Morgan fingerprint density at radius 2 is 1.88 bits per heavy atom. The number of imidazole rings is 1. The van der Waals surface area contributed by atoms with Gasteiger partial charge in [-0.05, 0) is 69.0 Å². The van der Waals surface area contributed by atoms with Crippen molar-refractivity contribution in [2.45, 2.75) is 52.1 Å². The van der Waals surface area contributed by atoms with Crippen molar-refractivity contribution in [3.63, 3.8) is 0 Å². The fraction of sp³-hybridized carbons (Fsp3) is 0.258. The van der Waals surface area contributed by atoms with Crippen LogP contribution in [-0.4, -0.2) is 35.2 Å². The Labute approximate surface area is 233 Å². The number of pyridine rings is 1. The number of hydrogen-bond donors (Lipinski definition) is 2. The number of nitrogens with zero attached hydrogens (tertiary/aromatic N) is 6. The van der Waals surface area contributed by atoms with Crippen LogP contribution in [0.15, 0.2) is 79.5 Å². The summed E-state index contributed by atoms with van der Waals surface area (Å²) in [5.74, 6) is 1.39. The van der Waals surface area contributed by atoms with Crippen molar-refractivity contribution in [3.05, 3.63) is 102 Å². The molecule has 0 radical (unpaired) electrons. The predicted octanol–water partition coefficient (Wildman–Crippen LogP) is 6.16. The third kappa shape index (κ3) is 5.36. The van der Waals surface area contributed by atoms with Gasteiger partial charge in [-0.25, -0.2) is 9.97 Å². The van der Waals surface area contributed by atoms with E-state index in [4.69, 9.17) is 0 Å². The van der Waals surface area contributed by atoms with Gasteiger partial charge in [0.05, 0.1) is 23.3 Å². The molecule has 1 aliphatic rings. The second-order valence-corrected chi connectivity index (χ2v) is 10.5. The van der Waals surface area contributed by atoms with Gasteiger partial charge in [0.1, 0.15) is 17.8 Å². The minimum absolute atomic E-state index is 0.179. The minimum atomic E-state index is -0.255. The Bertz CT molecular complexity index is 1650. The van der Waals surface area contributed by atoms with E-state index in [2.05, 4.69) is 69.9 Å². The molecule has 40 heavy (non-hydrogen) atoms. The number of hydrogen-bond acceptors (Lipinski definition) is 6. The van der Waals surface area contributed by atoms with E-state index >= 15 is 0 Å². The maximum absolute atomic E-state index is 13.8. The summed E-state index contributed by atoms with van der Waals surface area (Å²) in [5.41, 5.74) is 6.11. The molecule has 9 nitrogen and oxygen atoms in total. The van der Waals surface area contributed by atoms with Crippen LogP contribution in [0, 0.1) is 6.92 Å². The first-order chi connectivity index (χ1) is 19.5. The molecule has 0 saturated heterocycles. The second kappa shape index (κ2) is 10.8. The molecule has 1 amide bonds. The molecule has 2 aromatic carbocycles. The molecule has 0 unspecified atom stereocenters. The SMILES string of the molecule is Cc1cc(NCc2ccccc2)c(C(=O)Nc2cccc(-c3nncn3C(C)C)n2)cc1-n1cnc(C2CC2)c1. The van der Waals surface area contributed by atoms with E-state index in [9.17, 15) is 4.79 Å². The molecule has 202 valence electrons. The van der Waals surface area contributed by atoms with Crippen LogP contribution >= 0.6 is 0 Å². The maximum Gasteiger partial charge on any atom is 0.258 e. The van der Waals surface area contributed by atoms with Gasteiger partial charge in [-0.15, -0.1) is 10.2 Å². The van der Waals surface area contributed by atoms with E-state index in [-0.39, 0.29) is 11.9 Å². The van der Waals surface area contributed by atoms with Gasteiger partial charge in [0.2, 0.25) is 0 Å². The van der Waals surface area contributed by atoms with Gasteiger partial charge >= 0.3 is 0 Å². The maximum atomic E-state index is 13.8. The van der Waals surface area contributed by atoms with Gasteiger partial charge < -0.3 is 19.8 Å². The molecule has 3 heterocycles. The summed E-state index contributed by atoms with van der Waals surface area (Å²) < 4.78 is 3.96.